The molecule has 160 valence electrons. The van der Waals surface area contributed by atoms with E-state index in [1.165, 1.54) is 6.07 Å². The maximum Gasteiger partial charge on any atom is 0.222 e. The van der Waals surface area contributed by atoms with Gasteiger partial charge in [0.05, 0.1) is 6.54 Å². The van der Waals surface area contributed by atoms with E-state index in [-0.39, 0.29) is 17.1 Å². The summed E-state index contributed by atoms with van der Waals surface area (Å²) < 4.78 is 19.4. The zero-order chi connectivity index (χ0) is 20.5. The number of aliphatic imine (C=N–C) groups is 1. The predicted octanol–water partition coefficient (Wildman–Crippen LogP) is 2.44. The summed E-state index contributed by atoms with van der Waals surface area (Å²) in [5, 5.41) is 6.67. The molecule has 0 aromatic heterocycles. The van der Waals surface area contributed by atoms with Crippen LogP contribution in [0.3, 0.4) is 0 Å². The van der Waals surface area contributed by atoms with E-state index >= 15 is 0 Å². The number of likely N-dealkylation sites (tertiary alicyclic amines) is 1. The molecule has 3 rings (SSSR count). The Bertz CT molecular complexity index is 704. The monoisotopic (exact) mass is 404 g/mol. The minimum atomic E-state index is -0.209. The van der Waals surface area contributed by atoms with Crippen molar-refractivity contribution in [3.63, 3.8) is 0 Å². The Hall–Kier alpha value is -2.15. The van der Waals surface area contributed by atoms with Gasteiger partial charge in [0, 0.05) is 51.2 Å². The van der Waals surface area contributed by atoms with E-state index in [0.29, 0.717) is 26.2 Å². The van der Waals surface area contributed by atoms with Gasteiger partial charge in [0.1, 0.15) is 5.82 Å². The molecule has 0 spiro atoms. The molecule has 29 heavy (non-hydrogen) atoms. The quantitative estimate of drug-likeness (QED) is 0.397. The molecule has 7 heteroatoms. The number of nitrogens with zero attached hydrogens (tertiary/aromatic N) is 2. The number of guanidine groups is 1. The SMILES string of the molecule is CCNC(=NCC1(c2cccc(F)c2)CCOCC1)NCCCN1CCCC1=O. The summed E-state index contributed by atoms with van der Waals surface area (Å²) in [7, 11) is 0. The third-order valence-corrected chi connectivity index (χ3v) is 5.84. The van der Waals surface area contributed by atoms with Crippen LogP contribution in [0.4, 0.5) is 4.39 Å². The topological polar surface area (TPSA) is 66.0 Å². The average molecular weight is 405 g/mol. The Labute approximate surface area is 172 Å². The minimum Gasteiger partial charge on any atom is -0.381 e. The molecule has 2 fully saturated rings. The lowest BCUT2D eigenvalue weighted by Crippen LogP contribution is -2.42. The first kappa shape index (κ1) is 21.6. The zero-order valence-electron chi connectivity index (χ0n) is 17.4. The summed E-state index contributed by atoms with van der Waals surface area (Å²) in [5.74, 6) is 0.823. The van der Waals surface area contributed by atoms with Crippen LogP contribution in [0.5, 0.6) is 0 Å². The number of amides is 1. The summed E-state index contributed by atoms with van der Waals surface area (Å²) in [6.07, 6.45) is 4.21. The summed E-state index contributed by atoms with van der Waals surface area (Å²) >= 11 is 0. The number of carbonyl (C=O) groups excluding carboxylic acids is 1. The summed E-state index contributed by atoms with van der Waals surface area (Å²) in [6.45, 7) is 7.15. The lowest BCUT2D eigenvalue weighted by molar-refractivity contribution is -0.127. The Balaban J connectivity index is 1.60. The van der Waals surface area contributed by atoms with Gasteiger partial charge < -0.3 is 20.3 Å². The van der Waals surface area contributed by atoms with Gasteiger partial charge >= 0.3 is 0 Å². The number of ether oxygens (including phenoxy) is 1. The Morgan fingerprint density at radius 3 is 2.83 bits per heavy atom. The summed E-state index contributed by atoms with van der Waals surface area (Å²) in [6, 6.07) is 6.89. The third kappa shape index (κ3) is 5.92. The molecule has 1 aromatic rings. The van der Waals surface area contributed by atoms with Crippen molar-refractivity contribution >= 4 is 11.9 Å². The van der Waals surface area contributed by atoms with Crippen molar-refractivity contribution in [3.8, 4) is 0 Å². The van der Waals surface area contributed by atoms with E-state index in [1.54, 1.807) is 12.1 Å². The largest absolute Gasteiger partial charge is 0.381 e. The number of hydrogen-bond acceptors (Lipinski definition) is 3. The lowest BCUT2D eigenvalue weighted by atomic mass is 9.74. The second-order valence-electron chi connectivity index (χ2n) is 7.86. The van der Waals surface area contributed by atoms with Crippen molar-refractivity contribution in [2.24, 2.45) is 4.99 Å². The molecule has 2 N–H and O–H groups in total. The molecule has 6 nitrogen and oxygen atoms in total. The normalized spacial score (nSPS) is 19.4. The van der Waals surface area contributed by atoms with E-state index in [4.69, 9.17) is 9.73 Å². The highest BCUT2D eigenvalue weighted by Crippen LogP contribution is 2.35. The van der Waals surface area contributed by atoms with E-state index < -0.39 is 0 Å². The van der Waals surface area contributed by atoms with Crippen LogP contribution in [0.25, 0.3) is 0 Å². The van der Waals surface area contributed by atoms with Gasteiger partial charge in [0.15, 0.2) is 5.96 Å². The van der Waals surface area contributed by atoms with Gasteiger partial charge in [-0.05, 0) is 50.3 Å². The Morgan fingerprint density at radius 1 is 1.31 bits per heavy atom. The molecular weight excluding hydrogens is 371 g/mol. The number of halogens is 1. The van der Waals surface area contributed by atoms with Crippen molar-refractivity contribution in [2.45, 2.75) is 44.4 Å². The second kappa shape index (κ2) is 10.6. The Morgan fingerprint density at radius 2 is 2.14 bits per heavy atom. The van der Waals surface area contributed by atoms with Gasteiger partial charge in [-0.1, -0.05) is 12.1 Å². The first-order valence-electron chi connectivity index (χ1n) is 10.8. The minimum absolute atomic E-state index is 0.204. The van der Waals surface area contributed by atoms with Crippen LogP contribution in [0.2, 0.25) is 0 Å². The van der Waals surface area contributed by atoms with Crippen LogP contribution in [-0.4, -0.2) is 62.7 Å². The zero-order valence-corrected chi connectivity index (χ0v) is 17.4. The number of benzene rings is 1. The fourth-order valence-corrected chi connectivity index (χ4v) is 4.11. The summed E-state index contributed by atoms with van der Waals surface area (Å²) in [4.78, 5) is 18.5. The molecular formula is C22H33FN4O2. The molecule has 1 amide bonds. The number of carbonyl (C=O) groups is 1. The van der Waals surface area contributed by atoms with Gasteiger partial charge in [-0.25, -0.2) is 4.39 Å². The van der Waals surface area contributed by atoms with Gasteiger partial charge in [-0.15, -0.1) is 0 Å². The molecule has 2 aliphatic heterocycles. The van der Waals surface area contributed by atoms with Gasteiger partial charge in [-0.3, -0.25) is 9.79 Å². The van der Waals surface area contributed by atoms with Crippen molar-refractivity contribution in [1.82, 2.24) is 15.5 Å². The molecule has 2 aliphatic rings. The molecule has 0 saturated carbocycles. The molecule has 2 heterocycles. The fourth-order valence-electron chi connectivity index (χ4n) is 4.11. The van der Waals surface area contributed by atoms with Crippen molar-refractivity contribution in [2.75, 3.05) is 45.9 Å². The van der Waals surface area contributed by atoms with Crippen LogP contribution in [0.15, 0.2) is 29.3 Å². The smallest absolute Gasteiger partial charge is 0.222 e. The highest BCUT2D eigenvalue weighted by molar-refractivity contribution is 5.80. The fraction of sp³-hybridized carbons (Fsp3) is 0.636. The first-order valence-corrected chi connectivity index (χ1v) is 10.8. The highest BCUT2D eigenvalue weighted by Gasteiger charge is 2.34. The number of rotatable bonds is 8. The highest BCUT2D eigenvalue weighted by atomic mass is 19.1. The van der Waals surface area contributed by atoms with Crippen molar-refractivity contribution in [1.29, 1.82) is 0 Å². The standard InChI is InChI=1S/C22H33FN4O2/c1-2-24-21(25-11-5-13-27-12-4-8-20(27)28)26-17-22(9-14-29-15-10-22)18-6-3-7-19(23)16-18/h3,6-7,16H,2,4-5,8-15,17H2,1H3,(H2,24,25,26). The maximum atomic E-state index is 13.9. The number of nitrogens with one attached hydrogen (secondary N) is 2. The molecule has 0 bridgehead atoms. The van der Waals surface area contributed by atoms with Gasteiger partial charge in [0.2, 0.25) is 5.91 Å². The van der Waals surface area contributed by atoms with Crippen molar-refractivity contribution < 1.29 is 13.9 Å². The van der Waals surface area contributed by atoms with E-state index in [0.717, 1.165) is 63.4 Å². The maximum absolute atomic E-state index is 13.9. The third-order valence-electron chi connectivity index (χ3n) is 5.84. The van der Waals surface area contributed by atoms with Crippen LogP contribution in [0.1, 0.15) is 44.6 Å². The van der Waals surface area contributed by atoms with Crippen LogP contribution >= 0.6 is 0 Å². The summed E-state index contributed by atoms with van der Waals surface area (Å²) in [5.41, 5.74) is 0.790. The Kier molecular flexibility index (Phi) is 7.86. The average Bonchev–Trinajstić information content (AvgIpc) is 3.14. The molecule has 0 atom stereocenters. The van der Waals surface area contributed by atoms with Crippen LogP contribution in [0, 0.1) is 5.82 Å². The van der Waals surface area contributed by atoms with E-state index in [1.807, 2.05) is 17.9 Å². The van der Waals surface area contributed by atoms with Crippen LogP contribution < -0.4 is 10.6 Å². The first-order chi connectivity index (χ1) is 14.1. The van der Waals surface area contributed by atoms with Crippen molar-refractivity contribution in [3.05, 3.63) is 35.6 Å². The molecule has 2 saturated heterocycles. The molecule has 0 radical (unpaired) electrons. The van der Waals surface area contributed by atoms with E-state index in [2.05, 4.69) is 10.6 Å². The predicted molar refractivity (Wildman–Crippen MR) is 113 cm³/mol. The number of hydrogen-bond donors (Lipinski definition) is 2. The van der Waals surface area contributed by atoms with Gasteiger partial charge in [0.25, 0.3) is 0 Å². The second-order valence-corrected chi connectivity index (χ2v) is 7.86. The molecule has 0 unspecified atom stereocenters. The van der Waals surface area contributed by atoms with E-state index in [9.17, 15) is 9.18 Å². The molecule has 1 aromatic carbocycles. The molecule has 0 aliphatic carbocycles. The van der Waals surface area contributed by atoms with Gasteiger partial charge in [-0.2, -0.15) is 0 Å². The van der Waals surface area contributed by atoms with Crippen LogP contribution in [-0.2, 0) is 14.9 Å². The lowest BCUT2D eigenvalue weighted by Gasteiger charge is -2.36.